The van der Waals surface area contributed by atoms with Crippen molar-refractivity contribution < 1.29 is 0 Å². The molecule has 0 fully saturated rings. The van der Waals surface area contributed by atoms with E-state index in [-0.39, 0.29) is 0 Å². The van der Waals surface area contributed by atoms with Crippen molar-refractivity contribution >= 4 is 32.6 Å². The van der Waals surface area contributed by atoms with Crippen LogP contribution < -0.4 is 0 Å². The molecule has 4 heterocycles. The van der Waals surface area contributed by atoms with Crippen LogP contribution in [0.15, 0.2) is 176 Å². The summed E-state index contributed by atoms with van der Waals surface area (Å²) >= 11 is 0. The van der Waals surface area contributed by atoms with Crippen molar-refractivity contribution in [1.29, 1.82) is 0 Å². The van der Waals surface area contributed by atoms with E-state index in [1.165, 1.54) is 5.56 Å². The van der Waals surface area contributed by atoms with E-state index in [4.69, 9.17) is 19.9 Å². The number of aromatic nitrogens is 5. The maximum atomic E-state index is 5.17. The van der Waals surface area contributed by atoms with Gasteiger partial charge in [0.15, 0.2) is 5.82 Å². The van der Waals surface area contributed by atoms with Gasteiger partial charge in [-0.3, -0.25) is 9.97 Å². The molecule has 0 radical (unpaired) electrons. The second-order valence-corrected chi connectivity index (χ2v) is 14.3. The lowest BCUT2D eigenvalue weighted by molar-refractivity contribution is 1.18. The third kappa shape index (κ3) is 6.15. The molecule has 5 heteroatoms. The Morgan fingerprint density at radius 2 is 1.02 bits per heavy atom. The Kier molecular flexibility index (Phi) is 8.19. The van der Waals surface area contributed by atoms with Crippen molar-refractivity contribution in [2.24, 2.45) is 0 Å². The zero-order chi connectivity index (χ0) is 37.6. The van der Waals surface area contributed by atoms with Gasteiger partial charge in [-0.05, 0) is 71.8 Å². The average Bonchev–Trinajstić information content (AvgIpc) is 3.26. The van der Waals surface area contributed by atoms with Crippen molar-refractivity contribution in [1.82, 2.24) is 24.9 Å². The molecule has 0 unspecified atom stereocenters. The lowest BCUT2D eigenvalue weighted by Gasteiger charge is -2.12. The predicted molar refractivity (Wildman–Crippen MR) is 230 cm³/mol. The number of hydrogen-bond donors (Lipinski definition) is 0. The normalized spacial score (nSPS) is 11.4. The highest BCUT2D eigenvalue weighted by Gasteiger charge is 2.14. The molecule has 0 amide bonds. The lowest BCUT2D eigenvalue weighted by atomic mass is 9.98. The Hall–Kier alpha value is -7.37. The molecule has 0 aliphatic heterocycles. The largest absolute Gasteiger partial charge is 0.263 e. The highest BCUT2D eigenvalue weighted by Crippen LogP contribution is 2.34. The first-order chi connectivity index (χ1) is 27.5. The first kappa shape index (κ1) is 33.2. The van der Waals surface area contributed by atoms with Gasteiger partial charge in [0, 0.05) is 62.1 Å². The fourth-order valence-electron chi connectivity index (χ4n) is 7.71. The van der Waals surface area contributed by atoms with E-state index in [1.54, 1.807) is 0 Å². The Balaban J connectivity index is 1.01. The summed E-state index contributed by atoms with van der Waals surface area (Å²) in [6.07, 6.45) is 3.84. The molecule has 0 N–H and O–H groups in total. The van der Waals surface area contributed by atoms with Crippen molar-refractivity contribution in [3.63, 3.8) is 0 Å². The number of fused-ring (bicyclic) bond motifs is 4. The Morgan fingerprint density at radius 1 is 0.357 bits per heavy atom. The summed E-state index contributed by atoms with van der Waals surface area (Å²) in [5, 5.41) is 4.50. The van der Waals surface area contributed by atoms with Gasteiger partial charge in [0.1, 0.15) is 0 Å². The van der Waals surface area contributed by atoms with Crippen LogP contribution in [0.4, 0.5) is 0 Å². The predicted octanol–water partition coefficient (Wildman–Crippen LogP) is 12.7. The van der Waals surface area contributed by atoms with Crippen LogP contribution in [0.2, 0.25) is 0 Å². The zero-order valence-electron chi connectivity index (χ0n) is 31.0. The lowest BCUT2D eigenvalue weighted by Crippen LogP contribution is -1.96. The van der Waals surface area contributed by atoms with Gasteiger partial charge in [0.25, 0.3) is 0 Å². The SMILES string of the molecule is Cc1cc(C)c2ccc3ccc(-c4cccc(-c5ccc(-c6cc(-c7ccccc7)nc(-c7cccc(-c8cncc9ccccc89)c7)n6)cc5)c4)nc3c2n1. The molecule has 0 spiro atoms. The van der Waals surface area contributed by atoms with Gasteiger partial charge >= 0.3 is 0 Å². The molecule has 56 heavy (non-hydrogen) atoms. The minimum atomic E-state index is 0.671. The fourth-order valence-corrected chi connectivity index (χ4v) is 7.71. The number of pyridine rings is 3. The van der Waals surface area contributed by atoms with E-state index >= 15 is 0 Å². The highest BCUT2D eigenvalue weighted by atomic mass is 14.9. The standard InChI is InChI=1S/C51H35N5/c1-32-26-33(2)53-50-43(32)24-22-37-23-25-46(54-49(37)50)40-15-8-13-38(27-40)34-18-20-36(21-19-34)48-29-47(35-10-4-3-5-11-35)55-51(56-48)41-16-9-14-39(28-41)45-31-52-30-42-12-6-7-17-44(42)45/h3-31H,1-2H3. The summed E-state index contributed by atoms with van der Waals surface area (Å²) in [5.74, 6) is 0.671. The van der Waals surface area contributed by atoms with Gasteiger partial charge in [-0.1, -0.05) is 133 Å². The summed E-state index contributed by atoms with van der Waals surface area (Å²) in [6, 6.07) is 57.1. The van der Waals surface area contributed by atoms with Gasteiger partial charge in [0.2, 0.25) is 0 Å². The maximum absolute atomic E-state index is 5.17. The molecule has 0 aliphatic rings. The molecule has 0 saturated carbocycles. The Labute approximate surface area is 325 Å². The van der Waals surface area contributed by atoms with E-state index in [2.05, 4.69) is 151 Å². The third-order valence-corrected chi connectivity index (χ3v) is 10.5. The molecule has 4 aromatic heterocycles. The van der Waals surface area contributed by atoms with Crippen molar-refractivity contribution in [2.45, 2.75) is 13.8 Å². The summed E-state index contributed by atoms with van der Waals surface area (Å²) in [6.45, 7) is 4.18. The Morgan fingerprint density at radius 3 is 1.86 bits per heavy atom. The average molecular weight is 718 g/mol. The topological polar surface area (TPSA) is 64.5 Å². The van der Waals surface area contributed by atoms with Gasteiger partial charge in [-0.25, -0.2) is 15.0 Å². The highest BCUT2D eigenvalue weighted by molar-refractivity contribution is 6.04. The summed E-state index contributed by atoms with van der Waals surface area (Å²) in [5.41, 5.74) is 15.2. The number of rotatable bonds is 6. The van der Waals surface area contributed by atoms with E-state index < -0.39 is 0 Å². The summed E-state index contributed by atoms with van der Waals surface area (Å²) < 4.78 is 0. The van der Waals surface area contributed by atoms with Crippen molar-refractivity contribution in [3.8, 4) is 67.4 Å². The smallest absolute Gasteiger partial charge is 0.160 e. The molecule has 10 aromatic rings. The second-order valence-electron chi connectivity index (χ2n) is 14.3. The first-order valence-electron chi connectivity index (χ1n) is 18.8. The van der Waals surface area contributed by atoms with Crippen LogP contribution in [0.3, 0.4) is 0 Å². The molecule has 6 aromatic carbocycles. The minimum absolute atomic E-state index is 0.671. The zero-order valence-corrected chi connectivity index (χ0v) is 31.0. The summed E-state index contributed by atoms with van der Waals surface area (Å²) in [4.78, 5) is 24.9. The van der Waals surface area contributed by atoms with E-state index in [0.29, 0.717) is 5.82 Å². The van der Waals surface area contributed by atoms with Crippen LogP contribution in [-0.4, -0.2) is 24.9 Å². The van der Waals surface area contributed by atoms with E-state index in [1.807, 2.05) is 43.6 Å². The van der Waals surface area contributed by atoms with Gasteiger partial charge < -0.3 is 0 Å². The number of benzene rings is 6. The van der Waals surface area contributed by atoms with Gasteiger partial charge in [-0.15, -0.1) is 0 Å². The first-order valence-corrected chi connectivity index (χ1v) is 18.8. The van der Waals surface area contributed by atoms with Crippen LogP contribution >= 0.6 is 0 Å². The minimum Gasteiger partial charge on any atom is -0.263 e. The fraction of sp³-hybridized carbons (Fsp3) is 0.0392. The van der Waals surface area contributed by atoms with Crippen LogP contribution in [-0.2, 0) is 0 Å². The number of nitrogens with zero attached hydrogens (tertiary/aromatic N) is 5. The molecule has 0 atom stereocenters. The molecule has 264 valence electrons. The molecule has 0 aliphatic carbocycles. The number of aryl methyl sites for hydroxylation is 2. The van der Waals surface area contributed by atoms with Crippen molar-refractivity contribution in [2.75, 3.05) is 0 Å². The van der Waals surface area contributed by atoms with E-state index in [9.17, 15) is 0 Å². The van der Waals surface area contributed by atoms with Crippen LogP contribution in [0.5, 0.6) is 0 Å². The Bertz CT molecular complexity index is 3090. The molecular weight excluding hydrogens is 683 g/mol. The molecule has 0 bridgehead atoms. The second kappa shape index (κ2) is 13.8. The van der Waals surface area contributed by atoms with Crippen molar-refractivity contribution in [3.05, 3.63) is 187 Å². The molecule has 0 saturated heterocycles. The summed E-state index contributed by atoms with van der Waals surface area (Å²) in [7, 11) is 0. The number of hydrogen-bond acceptors (Lipinski definition) is 5. The monoisotopic (exact) mass is 717 g/mol. The quantitative estimate of drug-likeness (QED) is 0.160. The maximum Gasteiger partial charge on any atom is 0.160 e. The van der Waals surface area contributed by atoms with Crippen LogP contribution in [0.25, 0.3) is 100.0 Å². The van der Waals surface area contributed by atoms with Gasteiger partial charge in [0.05, 0.1) is 28.1 Å². The van der Waals surface area contributed by atoms with E-state index in [0.717, 1.165) is 99.9 Å². The molecular formula is C51H35N5. The molecule has 10 rings (SSSR count). The van der Waals surface area contributed by atoms with Gasteiger partial charge in [-0.2, -0.15) is 0 Å². The van der Waals surface area contributed by atoms with Crippen LogP contribution in [0, 0.1) is 13.8 Å². The molecule has 5 nitrogen and oxygen atoms in total. The van der Waals surface area contributed by atoms with Crippen LogP contribution in [0.1, 0.15) is 11.3 Å². The third-order valence-electron chi connectivity index (χ3n) is 10.5.